The highest BCUT2D eigenvalue weighted by atomic mass is 32.2. The van der Waals surface area contributed by atoms with Gasteiger partial charge in [0.1, 0.15) is 5.76 Å². The van der Waals surface area contributed by atoms with Crippen LogP contribution < -0.4 is 5.32 Å². The molecule has 0 saturated carbocycles. The van der Waals surface area contributed by atoms with Crippen LogP contribution in [0.15, 0.2) is 34.7 Å². The molecule has 0 unspecified atom stereocenters. The van der Waals surface area contributed by atoms with Gasteiger partial charge in [-0.25, -0.2) is 0 Å². The van der Waals surface area contributed by atoms with Crippen LogP contribution in [0.1, 0.15) is 27.4 Å². The van der Waals surface area contributed by atoms with Crippen molar-refractivity contribution in [2.45, 2.75) is 19.6 Å². The number of aryl methyl sites for hydroxylation is 1. The zero-order chi connectivity index (χ0) is 13.8. The van der Waals surface area contributed by atoms with E-state index in [4.69, 9.17) is 4.42 Å². The molecule has 0 saturated heterocycles. The van der Waals surface area contributed by atoms with Crippen molar-refractivity contribution in [2.24, 2.45) is 0 Å². The van der Waals surface area contributed by atoms with Crippen molar-refractivity contribution in [1.29, 1.82) is 0 Å². The lowest BCUT2D eigenvalue weighted by Gasteiger charge is -2.09. The second-order valence-corrected chi connectivity index (χ2v) is 5.27. The van der Waals surface area contributed by atoms with Crippen molar-refractivity contribution in [1.82, 2.24) is 0 Å². The highest BCUT2D eigenvalue weighted by molar-refractivity contribution is 7.97. The minimum Gasteiger partial charge on any atom is -0.455 e. The smallest absolute Gasteiger partial charge is 0.291 e. The first-order valence-corrected chi connectivity index (χ1v) is 7.46. The van der Waals surface area contributed by atoms with E-state index in [0.717, 1.165) is 28.3 Å². The maximum Gasteiger partial charge on any atom is 0.291 e. The summed E-state index contributed by atoms with van der Waals surface area (Å²) in [5, 5.41) is 2.88. The third kappa shape index (κ3) is 3.20. The van der Waals surface area contributed by atoms with Crippen molar-refractivity contribution in [2.75, 3.05) is 11.6 Å². The van der Waals surface area contributed by atoms with Crippen LogP contribution in [-0.4, -0.2) is 12.2 Å². The second-order valence-electron chi connectivity index (χ2n) is 4.40. The Hall–Kier alpha value is -1.68. The summed E-state index contributed by atoms with van der Waals surface area (Å²) in [6.45, 7) is 4.01. The zero-order valence-corrected chi connectivity index (χ0v) is 12.1. The van der Waals surface area contributed by atoms with Crippen LogP contribution in [0.3, 0.4) is 0 Å². The summed E-state index contributed by atoms with van der Waals surface area (Å²) < 4.78 is 5.50. The molecule has 2 aromatic rings. The van der Waals surface area contributed by atoms with Gasteiger partial charge in [0.05, 0.1) is 5.75 Å². The van der Waals surface area contributed by atoms with Crippen molar-refractivity contribution in [3.63, 3.8) is 0 Å². The average molecular weight is 275 g/mol. The fraction of sp³-hybridized carbons (Fsp3) is 0.267. The van der Waals surface area contributed by atoms with E-state index in [1.807, 2.05) is 44.4 Å². The highest BCUT2D eigenvalue weighted by Crippen LogP contribution is 2.20. The number of furan rings is 1. The van der Waals surface area contributed by atoms with E-state index in [1.54, 1.807) is 17.8 Å². The van der Waals surface area contributed by atoms with Crippen LogP contribution in [0.2, 0.25) is 0 Å². The normalized spacial score (nSPS) is 10.5. The number of benzene rings is 1. The average Bonchev–Trinajstić information content (AvgIpc) is 2.84. The molecule has 19 heavy (non-hydrogen) atoms. The monoisotopic (exact) mass is 275 g/mol. The van der Waals surface area contributed by atoms with Gasteiger partial charge in [0, 0.05) is 5.69 Å². The lowest BCUT2D eigenvalue weighted by atomic mass is 10.1. The number of thioether (sulfide) groups is 1. The minimum atomic E-state index is -0.207. The van der Waals surface area contributed by atoms with E-state index < -0.39 is 0 Å². The molecule has 1 aromatic heterocycles. The molecule has 0 bridgehead atoms. The van der Waals surface area contributed by atoms with Crippen LogP contribution in [-0.2, 0) is 5.75 Å². The largest absolute Gasteiger partial charge is 0.455 e. The number of carbonyl (C=O) groups excluding carboxylic acids is 1. The third-order valence-electron chi connectivity index (χ3n) is 3.02. The first-order chi connectivity index (χ1) is 9.11. The molecule has 2 rings (SSSR count). The van der Waals surface area contributed by atoms with Gasteiger partial charge in [-0.05, 0) is 49.4 Å². The standard InChI is InChI=1S/C15H17NO2S/c1-10-5-4-6-13(11(10)2)16-15(17)14-8-7-12(18-14)9-19-3/h4-8H,9H2,1-3H3,(H,16,17). The topological polar surface area (TPSA) is 42.2 Å². The fourth-order valence-corrected chi connectivity index (χ4v) is 2.23. The molecule has 1 amide bonds. The Bertz CT molecular complexity index is 590. The van der Waals surface area contributed by atoms with Gasteiger partial charge in [0.2, 0.25) is 0 Å². The minimum absolute atomic E-state index is 0.207. The molecule has 0 spiro atoms. The van der Waals surface area contributed by atoms with Gasteiger partial charge in [-0.15, -0.1) is 0 Å². The van der Waals surface area contributed by atoms with Crippen molar-refractivity contribution >= 4 is 23.4 Å². The third-order valence-corrected chi connectivity index (χ3v) is 3.60. The molecule has 0 aliphatic rings. The molecule has 0 aliphatic heterocycles. The van der Waals surface area contributed by atoms with Crippen molar-refractivity contribution < 1.29 is 9.21 Å². The number of anilines is 1. The summed E-state index contributed by atoms with van der Waals surface area (Å²) in [6, 6.07) is 9.40. The number of carbonyl (C=O) groups is 1. The van der Waals surface area contributed by atoms with E-state index in [0.29, 0.717) is 5.76 Å². The number of hydrogen-bond acceptors (Lipinski definition) is 3. The van der Waals surface area contributed by atoms with Crippen molar-refractivity contribution in [3.8, 4) is 0 Å². The molecule has 0 fully saturated rings. The van der Waals surface area contributed by atoms with Crippen LogP contribution in [0.4, 0.5) is 5.69 Å². The van der Waals surface area contributed by atoms with Gasteiger partial charge in [-0.1, -0.05) is 12.1 Å². The molecule has 0 radical (unpaired) electrons. The highest BCUT2D eigenvalue weighted by Gasteiger charge is 2.12. The first kappa shape index (κ1) is 13.7. The second kappa shape index (κ2) is 5.97. The number of hydrogen-bond donors (Lipinski definition) is 1. The predicted molar refractivity (Wildman–Crippen MR) is 79.8 cm³/mol. The molecule has 0 aliphatic carbocycles. The Morgan fingerprint density at radius 1 is 1.26 bits per heavy atom. The van der Waals surface area contributed by atoms with Crippen LogP contribution in [0.25, 0.3) is 0 Å². The molecule has 4 heteroatoms. The van der Waals surface area contributed by atoms with Gasteiger partial charge < -0.3 is 9.73 Å². The van der Waals surface area contributed by atoms with E-state index in [-0.39, 0.29) is 5.91 Å². The number of amides is 1. The molecule has 3 nitrogen and oxygen atoms in total. The molecule has 100 valence electrons. The summed E-state index contributed by atoms with van der Waals surface area (Å²) in [5.74, 6) is 1.74. The van der Waals surface area contributed by atoms with E-state index in [1.165, 1.54) is 0 Å². The summed E-state index contributed by atoms with van der Waals surface area (Å²) in [4.78, 5) is 12.1. The Morgan fingerprint density at radius 3 is 2.79 bits per heavy atom. The molecular weight excluding hydrogens is 258 g/mol. The van der Waals surface area contributed by atoms with E-state index in [2.05, 4.69) is 5.32 Å². The molecule has 1 N–H and O–H groups in total. The first-order valence-electron chi connectivity index (χ1n) is 6.07. The van der Waals surface area contributed by atoms with E-state index in [9.17, 15) is 4.79 Å². The van der Waals surface area contributed by atoms with E-state index >= 15 is 0 Å². The lowest BCUT2D eigenvalue weighted by molar-refractivity contribution is 0.0995. The van der Waals surface area contributed by atoms with Gasteiger partial charge >= 0.3 is 0 Å². The number of nitrogens with one attached hydrogen (secondary N) is 1. The lowest BCUT2D eigenvalue weighted by Crippen LogP contribution is -2.12. The van der Waals surface area contributed by atoms with Crippen LogP contribution in [0, 0.1) is 13.8 Å². The molecule has 0 atom stereocenters. The Labute approximate surface area is 117 Å². The van der Waals surface area contributed by atoms with Gasteiger partial charge in [-0.2, -0.15) is 11.8 Å². The maximum atomic E-state index is 12.1. The van der Waals surface area contributed by atoms with Gasteiger partial charge in [-0.3, -0.25) is 4.79 Å². The fourth-order valence-electron chi connectivity index (χ4n) is 1.79. The van der Waals surface area contributed by atoms with Crippen LogP contribution in [0.5, 0.6) is 0 Å². The molecular formula is C15H17NO2S. The molecule has 1 heterocycles. The quantitative estimate of drug-likeness (QED) is 0.916. The predicted octanol–water partition coefficient (Wildman–Crippen LogP) is 4.01. The van der Waals surface area contributed by atoms with Gasteiger partial charge in [0.15, 0.2) is 5.76 Å². The van der Waals surface area contributed by atoms with Gasteiger partial charge in [0.25, 0.3) is 5.91 Å². The summed E-state index contributed by atoms with van der Waals surface area (Å²) >= 11 is 1.66. The summed E-state index contributed by atoms with van der Waals surface area (Å²) in [6.07, 6.45) is 2.00. The maximum absolute atomic E-state index is 12.1. The van der Waals surface area contributed by atoms with Crippen LogP contribution >= 0.6 is 11.8 Å². The molecule has 1 aromatic carbocycles. The Balaban J connectivity index is 2.14. The van der Waals surface area contributed by atoms with Crippen molar-refractivity contribution in [3.05, 3.63) is 53.0 Å². The Kier molecular flexibility index (Phi) is 4.32. The summed E-state index contributed by atoms with van der Waals surface area (Å²) in [5.41, 5.74) is 3.06. The Morgan fingerprint density at radius 2 is 2.05 bits per heavy atom. The summed E-state index contributed by atoms with van der Waals surface area (Å²) in [7, 11) is 0. The SMILES string of the molecule is CSCc1ccc(C(=O)Nc2cccc(C)c2C)o1. The number of rotatable bonds is 4. The zero-order valence-electron chi connectivity index (χ0n) is 11.3.